The summed E-state index contributed by atoms with van der Waals surface area (Å²) in [5, 5.41) is 9.63. The highest BCUT2D eigenvalue weighted by Gasteiger charge is 2.32. The van der Waals surface area contributed by atoms with Gasteiger partial charge in [-0.15, -0.1) is 0 Å². The van der Waals surface area contributed by atoms with Crippen LogP contribution >= 0.6 is 0 Å². The van der Waals surface area contributed by atoms with Crippen molar-refractivity contribution in [3.05, 3.63) is 24.0 Å². The van der Waals surface area contributed by atoms with Crippen LogP contribution in [0, 0.1) is 0 Å². The van der Waals surface area contributed by atoms with Crippen molar-refractivity contribution in [1.82, 2.24) is 9.47 Å². The predicted octanol–water partition coefficient (Wildman–Crippen LogP) is 2.98. The van der Waals surface area contributed by atoms with Crippen LogP contribution < -0.4 is 0 Å². The van der Waals surface area contributed by atoms with Crippen molar-refractivity contribution in [2.24, 2.45) is 0 Å². The number of rotatable bonds is 4. The van der Waals surface area contributed by atoms with Crippen molar-refractivity contribution >= 4 is 5.91 Å². The van der Waals surface area contributed by atoms with Gasteiger partial charge in [-0.2, -0.15) is 0 Å². The lowest BCUT2D eigenvalue weighted by atomic mass is 10.1. The van der Waals surface area contributed by atoms with Gasteiger partial charge in [0.25, 0.3) is 5.91 Å². The summed E-state index contributed by atoms with van der Waals surface area (Å²) < 4.78 is 2.19. The first-order valence-corrected chi connectivity index (χ1v) is 8.32. The number of amides is 1. The average Bonchev–Trinajstić information content (AvgIpc) is 3.18. The molecule has 2 aliphatic rings. The molecule has 116 valence electrons. The van der Waals surface area contributed by atoms with E-state index in [2.05, 4.69) is 10.8 Å². The number of aromatic nitrogens is 1. The largest absolute Gasteiger partial charge is 0.393 e. The maximum atomic E-state index is 12.9. The Kier molecular flexibility index (Phi) is 4.34. The fourth-order valence-electron chi connectivity index (χ4n) is 3.96. The van der Waals surface area contributed by atoms with E-state index in [1.165, 1.54) is 25.7 Å². The summed E-state index contributed by atoms with van der Waals surface area (Å²) in [5.74, 6) is 0.148. The van der Waals surface area contributed by atoms with Crippen LogP contribution in [0.4, 0.5) is 0 Å². The molecular weight excluding hydrogens is 264 g/mol. The third-order valence-electron chi connectivity index (χ3n) is 4.97. The van der Waals surface area contributed by atoms with Gasteiger partial charge in [-0.05, 0) is 51.2 Å². The molecule has 2 atom stereocenters. The first-order chi connectivity index (χ1) is 10.2. The molecule has 0 spiro atoms. The van der Waals surface area contributed by atoms with Gasteiger partial charge in [-0.1, -0.05) is 12.8 Å². The molecule has 2 unspecified atom stereocenters. The summed E-state index contributed by atoms with van der Waals surface area (Å²) in [4.78, 5) is 14.9. The van der Waals surface area contributed by atoms with Crippen molar-refractivity contribution in [2.45, 2.75) is 70.1 Å². The van der Waals surface area contributed by atoms with Gasteiger partial charge in [0.2, 0.25) is 0 Å². The van der Waals surface area contributed by atoms with Crippen LogP contribution in [0.3, 0.4) is 0 Å². The smallest absolute Gasteiger partial charge is 0.270 e. The minimum atomic E-state index is -0.343. The maximum absolute atomic E-state index is 12.9. The highest BCUT2D eigenvalue weighted by Crippen LogP contribution is 2.32. The second-order valence-corrected chi connectivity index (χ2v) is 6.62. The molecule has 1 amide bonds. The van der Waals surface area contributed by atoms with Gasteiger partial charge in [0, 0.05) is 24.8 Å². The number of aliphatic hydroxyl groups is 1. The average molecular weight is 290 g/mol. The Labute approximate surface area is 126 Å². The molecule has 4 heteroatoms. The summed E-state index contributed by atoms with van der Waals surface area (Å²) >= 11 is 0. The molecule has 1 saturated heterocycles. The van der Waals surface area contributed by atoms with Gasteiger partial charge in [0.1, 0.15) is 5.69 Å². The van der Waals surface area contributed by atoms with E-state index in [1.54, 1.807) is 0 Å². The molecule has 1 aliphatic heterocycles. The standard InChI is InChI=1S/C17H26N2O2/c1-13(20)12-15-8-4-11-19(15)17(21)16-9-5-10-18(16)14-6-2-3-7-14/h5,9-10,13-15,20H,2-4,6-8,11-12H2,1H3. The molecule has 21 heavy (non-hydrogen) atoms. The zero-order valence-corrected chi connectivity index (χ0v) is 12.9. The fraction of sp³-hybridized carbons (Fsp3) is 0.706. The molecule has 0 aromatic carbocycles. The van der Waals surface area contributed by atoms with E-state index in [0.29, 0.717) is 12.5 Å². The zero-order valence-electron chi connectivity index (χ0n) is 12.9. The normalized spacial score (nSPS) is 24.7. The van der Waals surface area contributed by atoms with Gasteiger partial charge >= 0.3 is 0 Å². The summed E-state index contributed by atoms with van der Waals surface area (Å²) in [7, 11) is 0. The van der Waals surface area contributed by atoms with Crippen LogP contribution in [0.5, 0.6) is 0 Å². The monoisotopic (exact) mass is 290 g/mol. The minimum absolute atomic E-state index is 0.148. The van der Waals surface area contributed by atoms with Crippen molar-refractivity contribution in [3.63, 3.8) is 0 Å². The molecule has 1 saturated carbocycles. The Morgan fingerprint density at radius 3 is 2.81 bits per heavy atom. The lowest BCUT2D eigenvalue weighted by Crippen LogP contribution is -2.38. The van der Waals surface area contributed by atoms with Crippen molar-refractivity contribution in [2.75, 3.05) is 6.54 Å². The number of carbonyl (C=O) groups is 1. The Bertz CT molecular complexity index is 489. The van der Waals surface area contributed by atoms with Crippen molar-refractivity contribution < 1.29 is 9.90 Å². The second kappa shape index (κ2) is 6.22. The molecule has 2 heterocycles. The van der Waals surface area contributed by atoms with E-state index < -0.39 is 0 Å². The number of hydrogen-bond acceptors (Lipinski definition) is 2. The van der Waals surface area contributed by atoms with E-state index in [-0.39, 0.29) is 18.1 Å². The lowest BCUT2D eigenvalue weighted by molar-refractivity contribution is 0.0669. The molecule has 4 nitrogen and oxygen atoms in total. The summed E-state index contributed by atoms with van der Waals surface area (Å²) in [6, 6.07) is 4.64. The van der Waals surface area contributed by atoms with E-state index in [0.717, 1.165) is 25.1 Å². The maximum Gasteiger partial charge on any atom is 0.270 e. The fourth-order valence-corrected chi connectivity index (χ4v) is 3.96. The molecular formula is C17H26N2O2. The van der Waals surface area contributed by atoms with Crippen LogP contribution in [0.25, 0.3) is 0 Å². The molecule has 1 aromatic rings. The van der Waals surface area contributed by atoms with Crippen molar-refractivity contribution in [3.8, 4) is 0 Å². The van der Waals surface area contributed by atoms with Gasteiger partial charge < -0.3 is 14.6 Å². The SMILES string of the molecule is CC(O)CC1CCCN1C(=O)c1cccn1C1CCCC1. The first kappa shape index (κ1) is 14.6. The molecule has 2 fully saturated rings. The van der Waals surface area contributed by atoms with Gasteiger partial charge in [0.05, 0.1) is 6.10 Å². The zero-order chi connectivity index (χ0) is 14.8. The quantitative estimate of drug-likeness (QED) is 0.926. The number of carbonyl (C=O) groups excluding carboxylic acids is 1. The van der Waals surface area contributed by atoms with Crippen LogP contribution in [0.2, 0.25) is 0 Å². The van der Waals surface area contributed by atoms with Crippen molar-refractivity contribution in [1.29, 1.82) is 0 Å². The Morgan fingerprint density at radius 2 is 2.10 bits per heavy atom. The first-order valence-electron chi connectivity index (χ1n) is 8.32. The summed E-state index contributed by atoms with van der Waals surface area (Å²) in [6.45, 7) is 2.63. The van der Waals surface area contributed by atoms with Crippen LogP contribution in [0.15, 0.2) is 18.3 Å². The van der Waals surface area contributed by atoms with Crippen LogP contribution in [0.1, 0.15) is 68.4 Å². The van der Waals surface area contributed by atoms with Gasteiger partial charge in [0.15, 0.2) is 0 Å². The highest BCUT2D eigenvalue weighted by atomic mass is 16.3. The molecule has 0 bridgehead atoms. The molecule has 1 aromatic heterocycles. The van der Waals surface area contributed by atoms with Crippen LogP contribution in [-0.2, 0) is 0 Å². The second-order valence-electron chi connectivity index (χ2n) is 6.62. The number of aliphatic hydroxyl groups excluding tert-OH is 1. The molecule has 1 aliphatic carbocycles. The summed E-state index contributed by atoms with van der Waals surface area (Å²) in [6.07, 6.45) is 9.38. The highest BCUT2D eigenvalue weighted by molar-refractivity contribution is 5.93. The predicted molar refractivity (Wildman–Crippen MR) is 82.3 cm³/mol. The Hall–Kier alpha value is -1.29. The van der Waals surface area contributed by atoms with E-state index in [1.807, 2.05) is 24.0 Å². The topological polar surface area (TPSA) is 45.5 Å². The number of hydrogen-bond donors (Lipinski definition) is 1. The Morgan fingerprint density at radius 1 is 1.33 bits per heavy atom. The minimum Gasteiger partial charge on any atom is -0.393 e. The number of nitrogens with zero attached hydrogens (tertiary/aromatic N) is 2. The van der Waals surface area contributed by atoms with E-state index >= 15 is 0 Å². The van der Waals surface area contributed by atoms with E-state index in [4.69, 9.17) is 0 Å². The van der Waals surface area contributed by atoms with Gasteiger partial charge in [-0.3, -0.25) is 4.79 Å². The molecule has 3 rings (SSSR count). The summed E-state index contributed by atoms with van der Waals surface area (Å²) in [5.41, 5.74) is 0.833. The third kappa shape index (κ3) is 3.00. The lowest BCUT2D eigenvalue weighted by Gasteiger charge is -2.27. The third-order valence-corrected chi connectivity index (χ3v) is 4.97. The van der Waals surface area contributed by atoms with E-state index in [9.17, 15) is 9.90 Å². The van der Waals surface area contributed by atoms with Crippen LogP contribution in [-0.4, -0.2) is 39.2 Å². The molecule has 1 N–H and O–H groups in total. The number of likely N-dealkylation sites (tertiary alicyclic amines) is 1. The molecule has 0 radical (unpaired) electrons. The Balaban J connectivity index is 1.77. The van der Waals surface area contributed by atoms with Gasteiger partial charge in [-0.25, -0.2) is 0 Å².